The number of nitrogens with zero attached hydrogens (tertiary/aromatic N) is 2. The second kappa shape index (κ2) is 6.39. The molecule has 1 aliphatic rings. The van der Waals surface area contributed by atoms with Gasteiger partial charge in [-0.2, -0.15) is 0 Å². The number of aryl methyl sites for hydroxylation is 1. The molecule has 1 fully saturated rings. The molecule has 1 atom stereocenters. The lowest BCUT2D eigenvalue weighted by Gasteiger charge is -2.35. The van der Waals surface area contributed by atoms with Gasteiger partial charge in [-0.25, -0.2) is 0 Å². The third kappa shape index (κ3) is 3.59. The molecule has 0 spiro atoms. The number of piperidine rings is 1. The van der Waals surface area contributed by atoms with Crippen molar-refractivity contribution in [2.75, 3.05) is 27.2 Å². The van der Waals surface area contributed by atoms with Gasteiger partial charge in [-0.15, -0.1) is 0 Å². The molecule has 102 valence electrons. The Hall–Kier alpha value is -0.800. The maximum atomic E-state index is 5.87. The zero-order chi connectivity index (χ0) is 13.0. The molecule has 3 nitrogen and oxygen atoms in total. The molecule has 3 heteroatoms. The third-order valence-electron chi connectivity index (χ3n) is 3.80. The maximum Gasteiger partial charge on any atom is 0.118 e. The average Bonchev–Trinajstić information content (AvgIpc) is 2.77. The number of likely N-dealkylation sites (N-methyl/N-ethyl adjacent to an activating group) is 1. The molecule has 0 amide bonds. The summed E-state index contributed by atoms with van der Waals surface area (Å²) >= 11 is 0. The van der Waals surface area contributed by atoms with E-state index in [1.807, 2.05) is 0 Å². The standard InChI is InChI=1S/C15H26N2O/c1-4-6-14-8-9-15(18-14)12-17-10-5-7-13(11-17)16(2)3/h8-9,13H,4-7,10-12H2,1-3H3. The number of hydrogen-bond donors (Lipinski definition) is 0. The molecular formula is C15H26N2O. The van der Waals surface area contributed by atoms with Crippen molar-refractivity contribution in [1.29, 1.82) is 0 Å². The highest BCUT2D eigenvalue weighted by atomic mass is 16.3. The fraction of sp³-hybridized carbons (Fsp3) is 0.733. The van der Waals surface area contributed by atoms with Crippen molar-refractivity contribution in [2.45, 2.75) is 45.2 Å². The molecule has 1 aromatic rings. The summed E-state index contributed by atoms with van der Waals surface area (Å²) in [6.07, 6.45) is 4.83. The van der Waals surface area contributed by atoms with Crippen LogP contribution in [0.4, 0.5) is 0 Å². The predicted octanol–water partition coefficient (Wildman–Crippen LogP) is 2.76. The lowest BCUT2D eigenvalue weighted by molar-refractivity contribution is 0.121. The van der Waals surface area contributed by atoms with Crippen LogP contribution in [0, 0.1) is 0 Å². The SMILES string of the molecule is CCCc1ccc(CN2CCCC(N(C)C)C2)o1. The highest BCUT2D eigenvalue weighted by Gasteiger charge is 2.21. The smallest absolute Gasteiger partial charge is 0.118 e. The predicted molar refractivity (Wildman–Crippen MR) is 74.7 cm³/mol. The van der Waals surface area contributed by atoms with Crippen LogP contribution < -0.4 is 0 Å². The first-order valence-corrected chi connectivity index (χ1v) is 7.15. The molecule has 0 aliphatic carbocycles. The van der Waals surface area contributed by atoms with Gasteiger partial charge in [-0.3, -0.25) is 4.90 Å². The van der Waals surface area contributed by atoms with Crippen molar-refractivity contribution in [3.05, 3.63) is 23.7 Å². The fourth-order valence-corrected chi connectivity index (χ4v) is 2.70. The summed E-state index contributed by atoms with van der Waals surface area (Å²) in [5.41, 5.74) is 0. The summed E-state index contributed by atoms with van der Waals surface area (Å²) in [6, 6.07) is 4.97. The zero-order valence-electron chi connectivity index (χ0n) is 12.0. The van der Waals surface area contributed by atoms with Gasteiger partial charge in [0.05, 0.1) is 6.54 Å². The van der Waals surface area contributed by atoms with Crippen molar-refractivity contribution >= 4 is 0 Å². The summed E-state index contributed by atoms with van der Waals surface area (Å²) in [7, 11) is 4.36. The first kappa shape index (κ1) is 13.6. The highest BCUT2D eigenvalue weighted by molar-refractivity contribution is 5.07. The van der Waals surface area contributed by atoms with E-state index in [-0.39, 0.29) is 0 Å². The normalized spacial score (nSPS) is 21.7. The van der Waals surface area contributed by atoms with Gasteiger partial charge in [-0.1, -0.05) is 6.92 Å². The van der Waals surface area contributed by atoms with E-state index in [4.69, 9.17) is 4.42 Å². The van der Waals surface area contributed by atoms with Crippen molar-refractivity contribution < 1.29 is 4.42 Å². The van der Waals surface area contributed by atoms with Crippen LogP contribution in [0.5, 0.6) is 0 Å². The lowest BCUT2D eigenvalue weighted by atomic mass is 10.0. The van der Waals surface area contributed by atoms with E-state index in [0.717, 1.165) is 37.5 Å². The molecular weight excluding hydrogens is 224 g/mol. The van der Waals surface area contributed by atoms with Gasteiger partial charge in [-0.05, 0) is 52.0 Å². The van der Waals surface area contributed by atoms with Gasteiger partial charge >= 0.3 is 0 Å². The Morgan fingerprint density at radius 1 is 1.33 bits per heavy atom. The number of furan rings is 1. The second-order valence-corrected chi connectivity index (χ2v) is 5.61. The van der Waals surface area contributed by atoms with Gasteiger partial charge in [0, 0.05) is 19.0 Å². The van der Waals surface area contributed by atoms with E-state index >= 15 is 0 Å². The van der Waals surface area contributed by atoms with E-state index in [9.17, 15) is 0 Å². The molecule has 0 radical (unpaired) electrons. The van der Waals surface area contributed by atoms with E-state index in [1.165, 1.54) is 19.4 Å². The van der Waals surface area contributed by atoms with Crippen LogP contribution >= 0.6 is 0 Å². The maximum absolute atomic E-state index is 5.87. The lowest BCUT2D eigenvalue weighted by Crippen LogP contribution is -2.44. The van der Waals surface area contributed by atoms with E-state index in [0.29, 0.717) is 6.04 Å². The van der Waals surface area contributed by atoms with Gasteiger partial charge in [0.1, 0.15) is 11.5 Å². The minimum atomic E-state index is 0.698. The van der Waals surface area contributed by atoms with E-state index in [1.54, 1.807) is 0 Å². The summed E-state index contributed by atoms with van der Waals surface area (Å²) in [5.74, 6) is 2.26. The molecule has 18 heavy (non-hydrogen) atoms. The number of hydrogen-bond acceptors (Lipinski definition) is 3. The Labute approximate surface area is 111 Å². The van der Waals surface area contributed by atoms with Gasteiger partial charge in [0.2, 0.25) is 0 Å². The van der Waals surface area contributed by atoms with Crippen LogP contribution in [0.2, 0.25) is 0 Å². The van der Waals surface area contributed by atoms with Crippen molar-refractivity contribution in [1.82, 2.24) is 9.80 Å². The van der Waals surface area contributed by atoms with Gasteiger partial charge in [0.15, 0.2) is 0 Å². The molecule has 0 aromatic carbocycles. The van der Waals surface area contributed by atoms with Crippen LogP contribution in [0.3, 0.4) is 0 Å². The Kier molecular flexibility index (Phi) is 4.84. The Morgan fingerprint density at radius 3 is 2.83 bits per heavy atom. The van der Waals surface area contributed by atoms with Crippen LogP contribution in [0.25, 0.3) is 0 Å². The summed E-state index contributed by atoms with van der Waals surface area (Å²) in [4.78, 5) is 4.86. The van der Waals surface area contributed by atoms with Gasteiger partial charge < -0.3 is 9.32 Å². The van der Waals surface area contributed by atoms with Crippen LogP contribution in [-0.4, -0.2) is 43.0 Å². The first-order valence-electron chi connectivity index (χ1n) is 7.15. The van der Waals surface area contributed by atoms with Crippen LogP contribution in [-0.2, 0) is 13.0 Å². The molecule has 1 aromatic heterocycles. The molecule has 0 saturated carbocycles. The molecule has 1 aliphatic heterocycles. The Bertz CT molecular complexity index is 359. The third-order valence-corrected chi connectivity index (χ3v) is 3.80. The number of likely N-dealkylation sites (tertiary alicyclic amines) is 1. The monoisotopic (exact) mass is 250 g/mol. The van der Waals surface area contributed by atoms with E-state index in [2.05, 4.69) is 43.0 Å². The van der Waals surface area contributed by atoms with Gasteiger partial charge in [0.25, 0.3) is 0 Å². The Balaban J connectivity index is 1.87. The largest absolute Gasteiger partial charge is 0.465 e. The quantitative estimate of drug-likeness (QED) is 0.801. The molecule has 0 N–H and O–H groups in total. The average molecular weight is 250 g/mol. The van der Waals surface area contributed by atoms with Crippen LogP contribution in [0.15, 0.2) is 16.5 Å². The summed E-state index contributed by atoms with van der Waals surface area (Å²) in [5, 5.41) is 0. The molecule has 2 heterocycles. The zero-order valence-corrected chi connectivity index (χ0v) is 12.0. The highest BCUT2D eigenvalue weighted by Crippen LogP contribution is 2.18. The molecule has 1 unspecified atom stereocenters. The van der Waals surface area contributed by atoms with E-state index < -0.39 is 0 Å². The Morgan fingerprint density at radius 2 is 2.11 bits per heavy atom. The fourth-order valence-electron chi connectivity index (χ4n) is 2.70. The summed E-state index contributed by atoms with van der Waals surface area (Å²) < 4.78 is 5.87. The first-order chi connectivity index (χ1) is 8.69. The molecule has 0 bridgehead atoms. The number of rotatable bonds is 5. The molecule has 2 rings (SSSR count). The second-order valence-electron chi connectivity index (χ2n) is 5.61. The molecule has 1 saturated heterocycles. The van der Waals surface area contributed by atoms with Crippen molar-refractivity contribution in [3.63, 3.8) is 0 Å². The minimum Gasteiger partial charge on any atom is -0.465 e. The topological polar surface area (TPSA) is 19.6 Å². The minimum absolute atomic E-state index is 0.698. The van der Waals surface area contributed by atoms with Crippen molar-refractivity contribution in [2.24, 2.45) is 0 Å². The van der Waals surface area contributed by atoms with Crippen LogP contribution in [0.1, 0.15) is 37.7 Å². The summed E-state index contributed by atoms with van der Waals surface area (Å²) in [6.45, 7) is 5.52. The van der Waals surface area contributed by atoms with Crippen molar-refractivity contribution in [3.8, 4) is 0 Å².